The van der Waals surface area contributed by atoms with Gasteiger partial charge in [0.2, 0.25) is 5.95 Å². The maximum Gasteiger partial charge on any atom is 0.227 e. The molecule has 0 unspecified atom stereocenters. The summed E-state index contributed by atoms with van der Waals surface area (Å²) in [5.41, 5.74) is 8.64. The van der Waals surface area contributed by atoms with E-state index in [2.05, 4.69) is 49.0 Å². The molecule has 2 N–H and O–H groups in total. The van der Waals surface area contributed by atoms with Crippen molar-refractivity contribution >= 4 is 23.1 Å². The smallest absolute Gasteiger partial charge is 0.227 e. The van der Waals surface area contributed by atoms with E-state index in [1.54, 1.807) is 0 Å². The highest BCUT2D eigenvalue weighted by molar-refractivity contribution is 5.66. The molecule has 2 aromatic carbocycles. The van der Waals surface area contributed by atoms with Crippen molar-refractivity contribution in [2.45, 2.75) is 39.5 Å². The summed E-state index contributed by atoms with van der Waals surface area (Å²) in [6, 6.07) is 20.6. The molecule has 2 aromatic heterocycles. The van der Waals surface area contributed by atoms with Crippen LogP contribution in [0.5, 0.6) is 0 Å². The lowest BCUT2D eigenvalue weighted by Gasteiger charge is -2.16. The zero-order chi connectivity index (χ0) is 21.9. The molecule has 0 bridgehead atoms. The normalized spacial score (nSPS) is 12.8. The number of fused-ring (bicyclic) bond motifs is 1. The van der Waals surface area contributed by atoms with Gasteiger partial charge in [0.25, 0.3) is 0 Å². The molecule has 160 valence electrons. The molecule has 0 aliphatic heterocycles. The Morgan fingerprint density at radius 1 is 0.688 bits per heavy atom. The van der Waals surface area contributed by atoms with Crippen molar-refractivity contribution in [3.63, 3.8) is 0 Å². The summed E-state index contributed by atoms with van der Waals surface area (Å²) < 4.78 is 0. The SMILES string of the molecule is Cc1cc(C)nc(Nc2cccc(Nc3ccc(-c4ccc5c(c4)CCCC5)nn3)c2)n1. The minimum atomic E-state index is 0.592. The van der Waals surface area contributed by atoms with Crippen molar-refractivity contribution in [3.8, 4) is 11.3 Å². The molecule has 0 fully saturated rings. The molecule has 6 heteroatoms. The first-order valence-electron chi connectivity index (χ1n) is 11.0. The van der Waals surface area contributed by atoms with Gasteiger partial charge in [-0.05, 0) is 93.1 Å². The minimum Gasteiger partial charge on any atom is -0.339 e. The Labute approximate surface area is 188 Å². The largest absolute Gasteiger partial charge is 0.339 e. The molecule has 0 radical (unpaired) electrons. The van der Waals surface area contributed by atoms with Gasteiger partial charge < -0.3 is 10.6 Å². The van der Waals surface area contributed by atoms with E-state index in [0.29, 0.717) is 11.8 Å². The fourth-order valence-corrected chi connectivity index (χ4v) is 4.18. The first-order chi connectivity index (χ1) is 15.6. The lowest BCUT2D eigenvalue weighted by atomic mass is 9.90. The van der Waals surface area contributed by atoms with Crippen LogP contribution in [0.3, 0.4) is 0 Å². The van der Waals surface area contributed by atoms with Crippen LogP contribution in [0.15, 0.2) is 60.7 Å². The van der Waals surface area contributed by atoms with Crippen LogP contribution < -0.4 is 10.6 Å². The second-order valence-corrected chi connectivity index (χ2v) is 8.30. The fourth-order valence-electron chi connectivity index (χ4n) is 4.18. The summed E-state index contributed by atoms with van der Waals surface area (Å²) in [5.74, 6) is 1.29. The molecule has 0 saturated heterocycles. The maximum absolute atomic E-state index is 4.46. The Hall–Kier alpha value is -3.80. The molecular weight excluding hydrogens is 396 g/mol. The summed E-state index contributed by atoms with van der Waals surface area (Å²) in [4.78, 5) is 8.89. The molecule has 0 atom stereocenters. The van der Waals surface area contributed by atoms with Crippen LogP contribution in [0.2, 0.25) is 0 Å². The number of hydrogen-bond acceptors (Lipinski definition) is 6. The van der Waals surface area contributed by atoms with E-state index in [9.17, 15) is 0 Å². The Morgan fingerprint density at radius 2 is 1.44 bits per heavy atom. The highest BCUT2D eigenvalue weighted by Crippen LogP contribution is 2.27. The summed E-state index contributed by atoms with van der Waals surface area (Å²) in [6.45, 7) is 3.93. The van der Waals surface area contributed by atoms with Gasteiger partial charge in [-0.1, -0.05) is 18.2 Å². The Kier molecular flexibility index (Phi) is 5.50. The number of rotatable bonds is 5. The number of aryl methyl sites for hydroxylation is 4. The van der Waals surface area contributed by atoms with Gasteiger partial charge >= 0.3 is 0 Å². The van der Waals surface area contributed by atoms with Gasteiger partial charge in [0.05, 0.1) is 5.69 Å². The van der Waals surface area contributed by atoms with E-state index in [1.807, 2.05) is 56.3 Å². The lowest BCUT2D eigenvalue weighted by molar-refractivity contribution is 0.686. The third kappa shape index (κ3) is 4.59. The van der Waals surface area contributed by atoms with Crippen LogP contribution in [0.25, 0.3) is 11.3 Å². The van der Waals surface area contributed by atoms with E-state index in [-0.39, 0.29) is 0 Å². The van der Waals surface area contributed by atoms with Crippen LogP contribution in [-0.2, 0) is 12.8 Å². The van der Waals surface area contributed by atoms with Crippen LogP contribution in [0.4, 0.5) is 23.1 Å². The topological polar surface area (TPSA) is 75.6 Å². The first-order valence-corrected chi connectivity index (χ1v) is 11.0. The number of aromatic nitrogens is 4. The van der Waals surface area contributed by atoms with E-state index < -0.39 is 0 Å². The first kappa shape index (κ1) is 20.1. The van der Waals surface area contributed by atoms with Crippen molar-refractivity contribution in [2.24, 2.45) is 0 Å². The van der Waals surface area contributed by atoms with Crippen LogP contribution in [-0.4, -0.2) is 20.2 Å². The lowest BCUT2D eigenvalue weighted by Crippen LogP contribution is -2.03. The second-order valence-electron chi connectivity index (χ2n) is 8.30. The van der Waals surface area contributed by atoms with Gasteiger partial charge in [0, 0.05) is 28.3 Å². The van der Waals surface area contributed by atoms with Gasteiger partial charge in [-0.15, -0.1) is 10.2 Å². The standard InChI is InChI=1S/C26H26N6/c1-17-14-18(2)28-26(27-17)30-23-9-5-8-22(16-23)29-25-13-12-24(31-32-25)21-11-10-19-6-3-4-7-20(19)15-21/h5,8-16H,3-4,6-7H2,1-2H3,(H,29,32)(H,27,28,30). The van der Waals surface area contributed by atoms with E-state index in [4.69, 9.17) is 0 Å². The van der Waals surface area contributed by atoms with Crippen LogP contribution in [0.1, 0.15) is 35.4 Å². The van der Waals surface area contributed by atoms with Crippen molar-refractivity contribution in [3.05, 3.63) is 83.2 Å². The van der Waals surface area contributed by atoms with Gasteiger partial charge in [0.15, 0.2) is 5.82 Å². The van der Waals surface area contributed by atoms with Gasteiger partial charge in [-0.25, -0.2) is 9.97 Å². The average molecular weight is 423 g/mol. The number of nitrogens with one attached hydrogen (secondary N) is 2. The number of anilines is 4. The van der Waals surface area contributed by atoms with E-state index in [0.717, 1.165) is 40.4 Å². The summed E-state index contributed by atoms with van der Waals surface area (Å²) >= 11 is 0. The summed E-state index contributed by atoms with van der Waals surface area (Å²) in [5, 5.41) is 15.4. The van der Waals surface area contributed by atoms with Crippen molar-refractivity contribution in [1.82, 2.24) is 20.2 Å². The monoisotopic (exact) mass is 422 g/mol. The highest BCUT2D eigenvalue weighted by Gasteiger charge is 2.11. The van der Waals surface area contributed by atoms with Crippen molar-refractivity contribution in [1.29, 1.82) is 0 Å². The van der Waals surface area contributed by atoms with Gasteiger partial charge in [-0.3, -0.25) is 0 Å². The minimum absolute atomic E-state index is 0.592. The van der Waals surface area contributed by atoms with Crippen LogP contribution >= 0.6 is 0 Å². The number of nitrogens with zero attached hydrogens (tertiary/aromatic N) is 4. The van der Waals surface area contributed by atoms with E-state index in [1.165, 1.54) is 30.4 Å². The predicted octanol–water partition coefficient (Wildman–Crippen LogP) is 5.92. The molecule has 0 amide bonds. The Morgan fingerprint density at radius 3 is 2.19 bits per heavy atom. The molecule has 0 spiro atoms. The Bertz CT molecular complexity index is 1230. The molecule has 1 aliphatic carbocycles. The second kappa shape index (κ2) is 8.75. The molecule has 5 rings (SSSR count). The molecule has 6 nitrogen and oxygen atoms in total. The summed E-state index contributed by atoms with van der Waals surface area (Å²) in [7, 11) is 0. The summed E-state index contributed by atoms with van der Waals surface area (Å²) in [6.07, 6.45) is 4.91. The third-order valence-electron chi connectivity index (χ3n) is 5.68. The van der Waals surface area contributed by atoms with Crippen molar-refractivity contribution < 1.29 is 0 Å². The molecule has 1 aliphatic rings. The highest BCUT2D eigenvalue weighted by atomic mass is 15.2. The van der Waals surface area contributed by atoms with Gasteiger partial charge in [0.1, 0.15) is 0 Å². The fraction of sp³-hybridized carbons (Fsp3) is 0.231. The molecule has 2 heterocycles. The zero-order valence-electron chi connectivity index (χ0n) is 18.4. The molecule has 4 aromatic rings. The predicted molar refractivity (Wildman–Crippen MR) is 129 cm³/mol. The Balaban J connectivity index is 1.30. The maximum atomic E-state index is 4.46. The van der Waals surface area contributed by atoms with Crippen LogP contribution in [0, 0.1) is 13.8 Å². The molecule has 32 heavy (non-hydrogen) atoms. The average Bonchev–Trinajstić information content (AvgIpc) is 2.79. The third-order valence-corrected chi connectivity index (χ3v) is 5.68. The number of benzene rings is 2. The molecule has 0 saturated carbocycles. The quantitative estimate of drug-likeness (QED) is 0.416. The zero-order valence-corrected chi connectivity index (χ0v) is 18.4. The van der Waals surface area contributed by atoms with E-state index >= 15 is 0 Å². The van der Waals surface area contributed by atoms with Crippen molar-refractivity contribution in [2.75, 3.05) is 10.6 Å². The number of hydrogen-bond donors (Lipinski definition) is 2. The van der Waals surface area contributed by atoms with Gasteiger partial charge in [-0.2, -0.15) is 0 Å². The molecular formula is C26H26N6.